The molecule has 0 aromatic carbocycles. The third kappa shape index (κ3) is 3.08. The summed E-state index contributed by atoms with van der Waals surface area (Å²) in [7, 11) is 5.73. The first-order chi connectivity index (χ1) is 9.33. The van der Waals surface area contributed by atoms with Gasteiger partial charge in [0.2, 0.25) is 0 Å². The third-order valence-corrected chi connectivity index (χ3v) is 3.70. The number of hydrogen-bond acceptors (Lipinski definition) is 6. The summed E-state index contributed by atoms with van der Waals surface area (Å²) in [6.45, 7) is 1.59. The van der Waals surface area contributed by atoms with Gasteiger partial charge in [-0.25, -0.2) is 9.59 Å². The van der Waals surface area contributed by atoms with E-state index in [0.717, 1.165) is 11.3 Å². The van der Waals surface area contributed by atoms with Gasteiger partial charge in [-0.2, -0.15) is 0 Å². The van der Waals surface area contributed by atoms with Gasteiger partial charge >= 0.3 is 12.1 Å². The molecule has 1 N–H and O–H groups in total. The molecule has 2 amide bonds. The molecule has 1 aromatic rings. The summed E-state index contributed by atoms with van der Waals surface area (Å²) < 4.78 is 9.80. The lowest BCUT2D eigenvalue weighted by molar-refractivity contribution is 0.0605. The number of ether oxygens (including phenoxy) is 2. The van der Waals surface area contributed by atoms with Crippen molar-refractivity contribution in [2.75, 3.05) is 28.3 Å². The Kier molecular flexibility index (Phi) is 5.09. The van der Waals surface area contributed by atoms with Crippen LogP contribution >= 0.6 is 11.3 Å². The van der Waals surface area contributed by atoms with Crippen LogP contribution in [0, 0.1) is 6.92 Å². The molecule has 110 valence electrons. The number of rotatable bonds is 3. The van der Waals surface area contributed by atoms with Gasteiger partial charge in [-0.3, -0.25) is 4.79 Å². The first-order valence-electron chi connectivity index (χ1n) is 5.66. The first kappa shape index (κ1) is 16.0. The lowest BCUT2D eigenvalue weighted by Crippen LogP contribution is -2.26. The fourth-order valence-corrected chi connectivity index (χ4v) is 2.45. The molecule has 0 bridgehead atoms. The Bertz CT molecular complexity index is 550. The summed E-state index contributed by atoms with van der Waals surface area (Å²) in [5.41, 5.74) is 0.399. The molecule has 1 heterocycles. The maximum Gasteiger partial charge on any atom is 0.414 e. The summed E-state index contributed by atoms with van der Waals surface area (Å²) in [6.07, 6.45) is -0.632. The number of carbonyl (C=O) groups is 3. The van der Waals surface area contributed by atoms with Crippen LogP contribution in [0.15, 0.2) is 0 Å². The van der Waals surface area contributed by atoms with Gasteiger partial charge < -0.3 is 19.7 Å². The average Bonchev–Trinajstić information content (AvgIpc) is 2.74. The van der Waals surface area contributed by atoms with E-state index in [1.54, 1.807) is 6.92 Å². The van der Waals surface area contributed by atoms with E-state index in [9.17, 15) is 14.4 Å². The van der Waals surface area contributed by atoms with E-state index in [1.165, 1.54) is 33.2 Å². The number of carbonyl (C=O) groups excluding carboxylic acids is 3. The van der Waals surface area contributed by atoms with Crippen LogP contribution in [-0.4, -0.2) is 51.1 Å². The second kappa shape index (κ2) is 6.38. The number of amides is 2. The van der Waals surface area contributed by atoms with Crippen LogP contribution in [0.3, 0.4) is 0 Å². The third-order valence-electron chi connectivity index (χ3n) is 2.45. The molecular weight excluding hydrogens is 284 g/mol. The summed E-state index contributed by atoms with van der Waals surface area (Å²) in [6, 6.07) is 0. The SMILES string of the molecule is CNC(=O)c1sc(C(=O)OC)c(C)c1OC(=O)N(C)C. The Morgan fingerprint density at radius 2 is 1.80 bits per heavy atom. The summed E-state index contributed by atoms with van der Waals surface area (Å²) in [5.74, 6) is -0.937. The zero-order chi connectivity index (χ0) is 15.4. The van der Waals surface area contributed by atoms with Crippen molar-refractivity contribution in [2.45, 2.75) is 6.92 Å². The zero-order valence-corrected chi connectivity index (χ0v) is 12.7. The Hall–Kier alpha value is -2.09. The molecule has 0 radical (unpaired) electrons. The number of thiophene rings is 1. The van der Waals surface area contributed by atoms with E-state index in [2.05, 4.69) is 10.1 Å². The predicted octanol–water partition coefficient (Wildman–Crippen LogP) is 1.26. The molecule has 20 heavy (non-hydrogen) atoms. The van der Waals surface area contributed by atoms with Crippen LogP contribution < -0.4 is 10.1 Å². The first-order valence-corrected chi connectivity index (χ1v) is 6.48. The van der Waals surface area contributed by atoms with Crippen LogP contribution in [0.25, 0.3) is 0 Å². The van der Waals surface area contributed by atoms with Gasteiger partial charge in [0, 0.05) is 26.7 Å². The molecule has 0 aliphatic heterocycles. The highest BCUT2D eigenvalue weighted by atomic mass is 32.1. The lowest BCUT2D eigenvalue weighted by atomic mass is 10.2. The monoisotopic (exact) mass is 300 g/mol. The molecule has 0 fully saturated rings. The van der Waals surface area contributed by atoms with Crippen LogP contribution in [0.5, 0.6) is 5.75 Å². The fourth-order valence-electron chi connectivity index (χ4n) is 1.35. The van der Waals surface area contributed by atoms with Gasteiger partial charge in [0.25, 0.3) is 5.91 Å². The molecule has 0 unspecified atom stereocenters. The fraction of sp³-hybridized carbons (Fsp3) is 0.417. The molecule has 0 saturated heterocycles. The number of methoxy groups -OCH3 is 1. The molecule has 0 spiro atoms. The van der Waals surface area contributed by atoms with Gasteiger partial charge in [-0.1, -0.05) is 0 Å². The Balaban J connectivity index is 3.31. The van der Waals surface area contributed by atoms with Crippen LogP contribution in [0.1, 0.15) is 24.9 Å². The summed E-state index contributed by atoms with van der Waals surface area (Å²) in [5, 5.41) is 2.44. The normalized spacial score (nSPS) is 9.85. The highest BCUT2D eigenvalue weighted by molar-refractivity contribution is 7.16. The van der Waals surface area contributed by atoms with Crippen LogP contribution in [0.2, 0.25) is 0 Å². The predicted molar refractivity (Wildman–Crippen MR) is 73.5 cm³/mol. The highest BCUT2D eigenvalue weighted by Crippen LogP contribution is 2.35. The minimum Gasteiger partial charge on any atom is -0.465 e. The van der Waals surface area contributed by atoms with E-state index < -0.39 is 18.0 Å². The van der Waals surface area contributed by atoms with Crippen LogP contribution in [-0.2, 0) is 4.74 Å². The maximum absolute atomic E-state index is 11.8. The number of nitrogens with one attached hydrogen (secondary N) is 1. The minimum atomic E-state index is -0.632. The smallest absolute Gasteiger partial charge is 0.414 e. The van der Waals surface area contributed by atoms with Crippen molar-refractivity contribution in [2.24, 2.45) is 0 Å². The largest absolute Gasteiger partial charge is 0.465 e. The molecule has 0 saturated carbocycles. The van der Waals surface area contributed by atoms with E-state index in [4.69, 9.17) is 4.74 Å². The van der Waals surface area contributed by atoms with Crippen molar-refractivity contribution in [3.63, 3.8) is 0 Å². The lowest BCUT2D eigenvalue weighted by Gasteiger charge is -2.11. The Morgan fingerprint density at radius 1 is 1.20 bits per heavy atom. The average molecular weight is 300 g/mol. The molecule has 0 aliphatic carbocycles. The summed E-state index contributed by atoms with van der Waals surface area (Å²) in [4.78, 5) is 36.7. The van der Waals surface area contributed by atoms with Crippen LogP contribution in [0.4, 0.5) is 4.79 Å². The number of nitrogens with zero attached hydrogens (tertiary/aromatic N) is 1. The van der Waals surface area contributed by atoms with Gasteiger partial charge in [0.05, 0.1) is 7.11 Å². The Labute approximate surface area is 120 Å². The van der Waals surface area contributed by atoms with Crippen molar-refractivity contribution in [1.82, 2.24) is 10.2 Å². The highest BCUT2D eigenvalue weighted by Gasteiger charge is 2.27. The van der Waals surface area contributed by atoms with Gasteiger partial charge in [-0.05, 0) is 6.92 Å². The number of esters is 1. The van der Waals surface area contributed by atoms with E-state index in [-0.39, 0.29) is 15.5 Å². The van der Waals surface area contributed by atoms with Crippen molar-refractivity contribution in [3.8, 4) is 5.75 Å². The second-order valence-electron chi connectivity index (χ2n) is 4.05. The molecule has 8 heteroatoms. The quantitative estimate of drug-likeness (QED) is 0.850. The van der Waals surface area contributed by atoms with Gasteiger partial charge in [0.1, 0.15) is 9.75 Å². The van der Waals surface area contributed by atoms with E-state index >= 15 is 0 Å². The molecular formula is C12H16N2O5S. The molecule has 1 rings (SSSR count). The summed E-state index contributed by atoms with van der Waals surface area (Å²) >= 11 is 0.923. The molecule has 0 atom stereocenters. The van der Waals surface area contributed by atoms with Crippen molar-refractivity contribution in [3.05, 3.63) is 15.3 Å². The van der Waals surface area contributed by atoms with Crippen molar-refractivity contribution >= 4 is 29.3 Å². The zero-order valence-electron chi connectivity index (χ0n) is 11.9. The second-order valence-corrected chi connectivity index (χ2v) is 5.07. The van der Waals surface area contributed by atoms with Crippen molar-refractivity contribution < 1.29 is 23.9 Å². The van der Waals surface area contributed by atoms with E-state index in [0.29, 0.717) is 5.56 Å². The molecule has 7 nitrogen and oxygen atoms in total. The van der Waals surface area contributed by atoms with Gasteiger partial charge in [-0.15, -0.1) is 11.3 Å². The Morgan fingerprint density at radius 3 is 2.25 bits per heavy atom. The maximum atomic E-state index is 11.8. The minimum absolute atomic E-state index is 0.0773. The topological polar surface area (TPSA) is 84.9 Å². The standard InChI is InChI=1S/C12H16N2O5S/c1-6-7(19-12(17)14(3)4)9(10(15)13-2)20-8(6)11(16)18-5/h1-5H3,(H,13,15). The molecule has 0 aliphatic rings. The molecule has 1 aromatic heterocycles. The van der Waals surface area contributed by atoms with Crippen molar-refractivity contribution in [1.29, 1.82) is 0 Å². The number of hydrogen-bond donors (Lipinski definition) is 1. The van der Waals surface area contributed by atoms with E-state index in [1.807, 2.05) is 0 Å². The van der Waals surface area contributed by atoms with Gasteiger partial charge in [0.15, 0.2) is 5.75 Å².